The summed E-state index contributed by atoms with van der Waals surface area (Å²) in [5.41, 5.74) is 5.31. The molecule has 1 aliphatic heterocycles. The molecule has 0 atom stereocenters. The minimum Gasteiger partial charge on any atom is -0.392 e. The Morgan fingerprint density at radius 1 is 1.28 bits per heavy atom. The van der Waals surface area contributed by atoms with Gasteiger partial charge in [-0.1, -0.05) is 18.6 Å². The number of hydrogen-bond donors (Lipinski definition) is 1. The van der Waals surface area contributed by atoms with Gasteiger partial charge in [0.15, 0.2) is 0 Å². The van der Waals surface area contributed by atoms with Crippen LogP contribution in [0, 0.1) is 5.41 Å². The van der Waals surface area contributed by atoms with E-state index in [2.05, 4.69) is 25.8 Å². The van der Waals surface area contributed by atoms with Crippen LogP contribution in [0.1, 0.15) is 33.1 Å². The number of piperazine rings is 1. The molecule has 102 valence electrons. The van der Waals surface area contributed by atoms with E-state index in [4.69, 9.17) is 18.0 Å². The molecule has 0 aromatic carbocycles. The van der Waals surface area contributed by atoms with Crippen LogP contribution in [0.15, 0.2) is 0 Å². The highest BCUT2D eigenvalue weighted by atomic mass is 32.1. The van der Waals surface area contributed by atoms with Gasteiger partial charge in [0.05, 0.1) is 10.4 Å². The number of amides is 1. The number of rotatable bonds is 2. The molecule has 0 radical (unpaired) electrons. The van der Waals surface area contributed by atoms with Crippen LogP contribution >= 0.6 is 12.2 Å². The number of nitrogens with zero attached hydrogens (tertiary/aromatic N) is 2. The molecule has 2 aliphatic rings. The fraction of sp³-hybridized carbons (Fsp3) is 0.846. The summed E-state index contributed by atoms with van der Waals surface area (Å²) in [5.74, 6) is 0.155. The van der Waals surface area contributed by atoms with Crippen molar-refractivity contribution in [1.29, 1.82) is 0 Å². The summed E-state index contributed by atoms with van der Waals surface area (Å²) in [5, 5.41) is 0. The van der Waals surface area contributed by atoms with Crippen molar-refractivity contribution >= 4 is 23.1 Å². The van der Waals surface area contributed by atoms with E-state index in [1.807, 2.05) is 4.90 Å². The molecule has 4 nitrogen and oxygen atoms in total. The van der Waals surface area contributed by atoms with Gasteiger partial charge in [0.2, 0.25) is 5.91 Å². The van der Waals surface area contributed by atoms with Crippen LogP contribution in [0.4, 0.5) is 0 Å². The minimum atomic E-state index is -0.526. The fourth-order valence-electron chi connectivity index (χ4n) is 2.81. The molecule has 18 heavy (non-hydrogen) atoms. The zero-order valence-corrected chi connectivity index (χ0v) is 12.3. The second kappa shape index (κ2) is 4.46. The van der Waals surface area contributed by atoms with Crippen LogP contribution in [0.2, 0.25) is 0 Å². The first-order chi connectivity index (χ1) is 8.29. The first-order valence-corrected chi connectivity index (χ1v) is 7.01. The van der Waals surface area contributed by atoms with Gasteiger partial charge in [-0.25, -0.2) is 0 Å². The molecule has 0 aromatic rings. The minimum absolute atomic E-state index is 0.0229. The van der Waals surface area contributed by atoms with E-state index in [1.165, 1.54) is 0 Å². The standard InChI is InChI=1S/C13H23N3OS/c1-12(2)9-16(8-7-15(12)3)11(17)13(10(14)18)5-4-6-13/h4-9H2,1-3H3,(H2,14,18). The number of carbonyl (C=O) groups is 1. The normalized spacial score (nSPS) is 26.5. The fourth-order valence-corrected chi connectivity index (χ4v) is 3.10. The topological polar surface area (TPSA) is 49.6 Å². The van der Waals surface area contributed by atoms with E-state index < -0.39 is 5.41 Å². The highest BCUT2D eigenvalue weighted by molar-refractivity contribution is 7.80. The predicted molar refractivity (Wildman–Crippen MR) is 76.4 cm³/mol. The van der Waals surface area contributed by atoms with E-state index in [0.29, 0.717) is 4.99 Å². The van der Waals surface area contributed by atoms with Gasteiger partial charge < -0.3 is 10.6 Å². The Kier molecular flexibility index (Phi) is 3.40. The third kappa shape index (κ3) is 2.03. The summed E-state index contributed by atoms with van der Waals surface area (Å²) < 4.78 is 0. The SMILES string of the molecule is CN1CCN(C(=O)C2(C(N)=S)CCC2)CC1(C)C. The lowest BCUT2D eigenvalue weighted by molar-refractivity contribution is -0.146. The Morgan fingerprint density at radius 2 is 1.89 bits per heavy atom. The van der Waals surface area contributed by atoms with Gasteiger partial charge in [0.1, 0.15) is 0 Å². The second-order valence-electron chi connectivity index (χ2n) is 6.26. The smallest absolute Gasteiger partial charge is 0.235 e. The summed E-state index contributed by atoms with van der Waals surface area (Å²) in [6.45, 7) is 6.78. The van der Waals surface area contributed by atoms with E-state index >= 15 is 0 Å². The first-order valence-electron chi connectivity index (χ1n) is 6.60. The predicted octanol–water partition coefficient (Wildman–Crippen LogP) is 0.995. The Balaban J connectivity index is 2.13. The first kappa shape index (κ1) is 13.7. The molecule has 0 bridgehead atoms. The van der Waals surface area contributed by atoms with Crippen molar-refractivity contribution in [3.8, 4) is 0 Å². The van der Waals surface area contributed by atoms with E-state index in [0.717, 1.165) is 38.9 Å². The van der Waals surface area contributed by atoms with Crippen LogP contribution in [-0.2, 0) is 4.79 Å². The lowest BCUT2D eigenvalue weighted by Gasteiger charge is -2.49. The van der Waals surface area contributed by atoms with E-state index in [1.54, 1.807) is 0 Å². The zero-order chi connectivity index (χ0) is 13.6. The van der Waals surface area contributed by atoms with Gasteiger partial charge >= 0.3 is 0 Å². The monoisotopic (exact) mass is 269 g/mol. The van der Waals surface area contributed by atoms with E-state index in [9.17, 15) is 4.79 Å². The summed E-state index contributed by atoms with van der Waals surface area (Å²) >= 11 is 5.13. The van der Waals surface area contributed by atoms with Crippen LogP contribution in [0.3, 0.4) is 0 Å². The quantitative estimate of drug-likeness (QED) is 0.760. The van der Waals surface area contributed by atoms with Crippen molar-refractivity contribution in [2.24, 2.45) is 11.1 Å². The van der Waals surface area contributed by atoms with Gasteiger partial charge in [0, 0.05) is 25.2 Å². The number of thiocarbonyl (C=S) groups is 1. The number of hydrogen-bond acceptors (Lipinski definition) is 3. The summed E-state index contributed by atoms with van der Waals surface area (Å²) in [7, 11) is 2.11. The van der Waals surface area contributed by atoms with Crippen LogP contribution in [-0.4, -0.2) is 52.9 Å². The molecule has 5 heteroatoms. The maximum Gasteiger partial charge on any atom is 0.235 e. The molecule has 2 fully saturated rings. The van der Waals surface area contributed by atoms with Crippen LogP contribution in [0.25, 0.3) is 0 Å². The highest BCUT2D eigenvalue weighted by Crippen LogP contribution is 2.43. The largest absolute Gasteiger partial charge is 0.392 e. The number of nitrogens with two attached hydrogens (primary N) is 1. The van der Waals surface area contributed by atoms with Gasteiger partial charge in [-0.05, 0) is 33.7 Å². The highest BCUT2D eigenvalue weighted by Gasteiger charge is 2.50. The zero-order valence-electron chi connectivity index (χ0n) is 11.5. The third-order valence-corrected chi connectivity index (χ3v) is 5.08. The van der Waals surface area contributed by atoms with Gasteiger partial charge in [-0.3, -0.25) is 9.69 Å². The molecule has 0 spiro atoms. The molecule has 1 amide bonds. The molecule has 2 N–H and O–H groups in total. The van der Waals surface area contributed by atoms with Crippen LogP contribution in [0.5, 0.6) is 0 Å². The van der Waals surface area contributed by atoms with Crippen molar-refractivity contribution in [2.45, 2.75) is 38.6 Å². The van der Waals surface area contributed by atoms with Crippen LogP contribution < -0.4 is 5.73 Å². The maximum absolute atomic E-state index is 12.7. The van der Waals surface area contributed by atoms with Gasteiger partial charge in [-0.2, -0.15) is 0 Å². The average molecular weight is 269 g/mol. The van der Waals surface area contributed by atoms with Crippen molar-refractivity contribution < 1.29 is 4.79 Å². The van der Waals surface area contributed by atoms with Crippen molar-refractivity contribution in [3.05, 3.63) is 0 Å². The molecular formula is C13H23N3OS. The second-order valence-corrected chi connectivity index (χ2v) is 6.70. The summed E-state index contributed by atoms with van der Waals surface area (Å²) in [6.07, 6.45) is 2.71. The molecule has 1 saturated carbocycles. The molecule has 0 unspecified atom stereocenters. The van der Waals surface area contributed by atoms with Crippen molar-refractivity contribution in [2.75, 3.05) is 26.7 Å². The molecular weight excluding hydrogens is 246 g/mol. The Hall–Kier alpha value is -0.680. The number of likely N-dealkylation sites (N-methyl/N-ethyl adjacent to an activating group) is 1. The van der Waals surface area contributed by atoms with Crippen molar-refractivity contribution in [1.82, 2.24) is 9.80 Å². The molecule has 1 heterocycles. The lowest BCUT2D eigenvalue weighted by atomic mass is 9.67. The summed E-state index contributed by atoms with van der Waals surface area (Å²) in [4.78, 5) is 17.3. The van der Waals surface area contributed by atoms with Gasteiger partial charge in [0.25, 0.3) is 0 Å². The Morgan fingerprint density at radius 3 is 2.28 bits per heavy atom. The number of carbonyl (C=O) groups excluding carboxylic acids is 1. The molecule has 1 aliphatic carbocycles. The maximum atomic E-state index is 12.7. The Labute approximate surface area is 114 Å². The summed E-state index contributed by atoms with van der Waals surface area (Å²) in [6, 6.07) is 0. The average Bonchev–Trinajstić information content (AvgIpc) is 2.19. The van der Waals surface area contributed by atoms with Crippen molar-refractivity contribution in [3.63, 3.8) is 0 Å². The molecule has 2 rings (SSSR count). The third-order valence-electron chi connectivity index (χ3n) is 4.69. The lowest BCUT2D eigenvalue weighted by Crippen LogP contribution is -2.63. The Bertz CT molecular complexity index is 376. The molecule has 1 saturated heterocycles. The molecule has 0 aromatic heterocycles. The van der Waals surface area contributed by atoms with E-state index in [-0.39, 0.29) is 11.4 Å². The van der Waals surface area contributed by atoms with Gasteiger partial charge in [-0.15, -0.1) is 0 Å².